The predicted octanol–water partition coefficient (Wildman–Crippen LogP) is 3.69. The Bertz CT molecular complexity index is 1660. The van der Waals surface area contributed by atoms with E-state index in [0.29, 0.717) is 41.9 Å². The lowest BCUT2D eigenvalue weighted by molar-refractivity contribution is -0.139. The highest BCUT2D eigenvalue weighted by Gasteiger charge is 2.49. The first-order valence-corrected chi connectivity index (χ1v) is 14.0. The zero-order valence-electron chi connectivity index (χ0n) is 21.4. The van der Waals surface area contributed by atoms with Gasteiger partial charge in [0.15, 0.2) is 0 Å². The molecular formula is C29H28N2O6S. The van der Waals surface area contributed by atoms with E-state index in [1.165, 1.54) is 18.2 Å². The average molecular weight is 533 g/mol. The number of ether oxygens (including phenoxy) is 2. The Morgan fingerprint density at radius 2 is 1.68 bits per heavy atom. The smallest absolute Gasteiger partial charge is 0.334 e. The normalized spacial score (nSPS) is 21.0. The number of aromatic nitrogens is 1. The van der Waals surface area contributed by atoms with E-state index in [1.54, 1.807) is 24.3 Å². The largest absolute Gasteiger partial charge is 0.466 e. The third kappa shape index (κ3) is 3.49. The van der Waals surface area contributed by atoms with Crippen molar-refractivity contribution in [2.24, 2.45) is 5.92 Å². The summed E-state index contributed by atoms with van der Waals surface area (Å²) in [5, 5.41) is 0.914. The maximum Gasteiger partial charge on any atom is 0.334 e. The van der Waals surface area contributed by atoms with E-state index in [1.807, 2.05) is 37.3 Å². The van der Waals surface area contributed by atoms with Crippen molar-refractivity contribution in [3.8, 4) is 0 Å². The molecule has 3 aliphatic rings. The number of aryl methyl sites for hydroxylation is 1. The lowest BCUT2D eigenvalue weighted by atomic mass is 9.80. The Morgan fingerprint density at radius 3 is 2.39 bits per heavy atom. The number of nitrogens with zero attached hydrogens (tertiary/aromatic N) is 2. The number of esters is 2. The molecule has 1 aromatic heterocycles. The molecule has 2 aromatic carbocycles. The minimum atomic E-state index is -3.93. The van der Waals surface area contributed by atoms with Gasteiger partial charge in [-0.05, 0) is 49.1 Å². The summed E-state index contributed by atoms with van der Waals surface area (Å²) in [7, 11) is -1.34. The van der Waals surface area contributed by atoms with Crippen LogP contribution in [0.2, 0.25) is 0 Å². The average Bonchev–Trinajstić information content (AvgIpc) is 3.47. The Hall–Kier alpha value is -3.69. The van der Waals surface area contributed by atoms with Crippen LogP contribution in [-0.4, -0.2) is 56.5 Å². The summed E-state index contributed by atoms with van der Waals surface area (Å²) in [6, 6.07) is 14.1. The second-order valence-corrected chi connectivity index (χ2v) is 11.7. The fourth-order valence-electron chi connectivity index (χ4n) is 6.31. The number of para-hydroxylation sites is 1. The molecule has 2 atom stereocenters. The monoisotopic (exact) mass is 532 g/mol. The van der Waals surface area contributed by atoms with Crippen LogP contribution in [0.5, 0.6) is 0 Å². The van der Waals surface area contributed by atoms with Crippen LogP contribution in [0.15, 0.2) is 76.2 Å². The Labute approximate surface area is 221 Å². The van der Waals surface area contributed by atoms with Crippen molar-refractivity contribution in [2.75, 3.05) is 27.3 Å². The van der Waals surface area contributed by atoms with Crippen molar-refractivity contribution in [3.05, 3.63) is 88.1 Å². The quantitative estimate of drug-likeness (QED) is 0.374. The number of benzene rings is 2. The van der Waals surface area contributed by atoms with E-state index < -0.39 is 27.9 Å². The van der Waals surface area contributed by atoms with E-state index >= 15 is 0 Å². The maximum atomic E-state index is 14.2. The molecule has 196 valence electrons. The molecule has 6 rings (SSSR count). The van der Waals surface area contributed by atoms with Gasteiger partial charge >= 0.3 is 11.9 Å². The van der Waals surface area contributed by atoms with Gasteiger partial charge in [0, 0.05) is 24.4 Å². The molecular weight excluding hydrogens is 504 g/mol. The number of methoxy groups -OCH3 is 2. The molecule has 0 bridgehead atoms. The van der Waals surface area contributed by atoms with Crippen molar-refractivity contribution in [2.45, 2.75) is 30.7 Å². The van der Waals surface area contributed by atoms with Crippen molar-refractivity contribution in [3.63, 3.8) is 0 Å². The van der Waals surface area contributed by atoms with Crippen molar-refractivity contribution in [1.29, 1.82) is 0 Å². The number of hydrogen-bond acceptors (Lipinski definition) is 7. The number of rotatable bonds is 4. The molecule has 9 heteroatoms. The van der Waals surface area contributed by atoms with Crippen LogP contribution < -0.4 is 0 Å². The Kier molecular flexibility index (Phi) is 5.81. The molecule has 1 fully saturated rings. The highest BCUT2D eigenvalue weighted by Crippen LogP contribution is 2.52. The Balaban J connectivity index is 1.57. The third-order valence-corrected chi connectivity index (χ3v) is 9.74. The highest BCUT2D eigenvalue weighted by molar-refractivity contribution is 7.90. The molecule has 38 heavy (non-hydrogen) atoms. The maximum absolute atomic E-state index is 14.2. The van der Waals surface area contributed by atoms with Gasteiger partial charge in [-0.3, -0.25) is 4.90 Å². The van der Waals surface area contributed by atoms with E-state index in [2.05, 4.69) is 4.90 Å². The van der Waals surface area contributed by atoms with Crippen LogP contribution in [0.4, 0.5) is 0 Å². The molecule has 0 N–H and O–H groups in total. The lowest BCUT2D eigenvalue weighted by Crippen LogP contribution is -2.34. The topological polar surface area (TPSA) is 94.9 Å². The van der Waals surface area contributed by atoms with Gasteiger partial charge in [0.1, 0.15) is 0 Å². The van der Waals surface area contributed by atoms with E-state index in [9.17, 15) is 18.0 Å². The molecule has 1 aliphatic carbocycles. The van der Waals surface area contributed by atoms with Gasteiger partial charge in [0.2, 0.25) is 0 Å². The van der Waals surface area contributed by atoms with Crippen molar-refractivity contribution < 1.29 is 27.5 Å². The van der Waals surface area contributed by atoms with Crippen LogP contribution in [-0.2, 0) is 35.5 Å². The summed E-state index contributed by atoms with van der Waals surface area (Å²) < 4.78 is 40.0. The van der Waals surface area contributed by atoms with Crippen LogP contribution in [0.25, 0.3) is 10.9 Å². The van der Waals surface area contributed by atoms with E-state index in [4.69, 9.17) is 9.47 Å². The summed E-state index contributed by atoms with van der Waals surface area (Å²) in [6.07, 6.45) is 2.85. The summed E-state index contributed by atoms with van der Waals surface area (Å²) in [6.45, 7) is 3.10. The molecule has 0 spiro atoms. The highest BCUT2D eigenvalue weighted by atomic mass is 32.2. The summed E-state index contributed by atoms with van der Waals surface area (Å²) in [4.78, 5) is 27.9. The molecule has 3 heterocycles. The first-order valence-electron chi connectivity index (χ1n) is 12.6. The molecule has 0 saturated carbocycles. The number of carbonyl (C=O) groups excluding carboxylic acids is 2. The molecule has 0 radical (unpaired) electrons. The fraction of sp³-hybridized carbons (Fsp3) is 0.310. The van der Waals surface area contributed by atoms with Gasteiger partial charge in [0.25, 0.3) is 10.0 Å². The summed E-state index contributed by atoms with van der Waals surface area (Å²) in [5.74, 6) is -1.51. The molecule has 0 amide bonds. The third-order valence-electron chi connectivity index (χ3n) is 8.00. The molecule has 0 unspecified atom stereocenters. The van der Waals surface area contributed by atoms with Gasteiger partial charge in [-0.15, -0.1) is 0 Å². The van der Waals surface area contributed by atoms with Gasteiger partial charge in [-0.1, -0.05) is 42.0 Å². The van der Waals surface area contributed by atoms with E-state index in [-0.39, 0.29) is 17.4 Å². The van der Waals surface area contributed by atoms with Gasteiger partial charge < -0.3 is 9.47 Å². The first kappa shape index (κ1) is 24.6. The lowest BCUT2D eigenvalue weighted by Gasteiger charge is -2.32. The van der Waals surface area contributed by atoms with Gasteiger partial charge in [-0.2, -0.15) is 0 Å². The standard InChI is InChI=1S/C29H28N2O6S/c1-17-8-10-18(11-9-17)38(34,35)31-24-7-5-4-6-19(24)21-14-15-30-16-23-20(26(30)27(21)31)12-13-22(28(32)36-2)25(23)29(33)37-3/h4-12,23,26H,13-16H2,1-3H3/t23-,26+/m0/s1. The Morgan fingerprint density at radius 1 is 0.974 bits per heavy atom. The van der Waals surface area contributed by atoms with Crippen molar-refractivity contribution in [1.82, 2.24) is 8.87 Å². The second kappa shape index (κ2) is 8.96. The number of carbonyl (C=O) groups is 2. The van der Waals surface area contributed by atoms with Crippen molar-refractivity contribution >= 4 is 32.9 Å². The minimum Gasteiger partial charge on any atom is -0.466 e. The fourth-order valence-corrected chi connectivity index (χ4v) is 7.88. The summed E-state index contributed by atoms with van der Waals surface area (Å²) >= 11 is 0. The predicted molar refractivity (Wildman–Crippen MR) is 141 cm³/mol. The van der Waals surface area contributed by atoms with Crippen LogP contribution in [0.3, 0.4) is 0 Å². The minimum absolute atomic E-state index is 0.216. The van der Waals surface area contributed by atoms with Crippen LogP contribution >= 0.6 is 0 Å². The number of allylic oxidation sites excluding steroid dienone is 1. The van der Waals surface area contributed by atoms with Gasteiger partial charge in [-0.25, -0.2) is 22.0 Å². The zero-order valence-corrected chi connectivity index (χ0v) is 22.2. The molecule has 8 nitrogen and oxygen atoms in total. The van der Waals surface area contributed by atoms with E-state index in [0.717, 1.165) is 22.1 Å². The zero-order chi connectivity index (χ0) is 26.8. The second-order valence-electron chi connectivity index (χ2n) is 9.95. The molecule has 1 saturated heterocycles. The summed E-state index contributed by atoms with van der Waals surface area (Å²) in [5.41, 5.74) is 4.83. The van der Waals surface area contributed by atoms with Crippen LogP contribution in [0, 0.1) is 12.8 Å². The molecule has 2 aliphatic heterocycles. The number of hydrogen-bond donors (Lipinski definition) is 0. The SMILES string of the molecule is COC(=O)C1=C(C(=O)OC)[C@H]2CN3CCc4c(n(S(=O)(=O)c5ccc(C)cc5)c5ccccc45)[C@H]3C2=CC1. The van der Waals surface area contributed by atoms with Gasteiger partial charge in [0.05, 0.1) is 47.5 Å². The van der Waals surface area contributed by atoms with Crippen LogP contribution in [0.1, 0.15) is 29.3 Å². The molecule has 3 aromatic rings. The number of fused-ring (bicyclic) bond motifs is 7. The first-order chi connectivity index (χ1) is 18.3.